The maximum Gasteiger partial charge on any atom is 0.397 e. The number of hydrogen-bond donors (Lipinski definition) is 0. The molecule has 8 heteroatoms. The maximum atomic E-state index is 12.4. The first-order chi connectivity index (χ1) is 11.9. The molecule has 0 bridgehead atoms. The summed E-state index contributed by atoms with van der Waals surface area (Å²) in [6, 6.07) is 3.87. The lowest BCUT2D eigenvalue weighted by molar-refractivity contribution is -0.162. The van der Waals surface area contributed by atoms with Crippen LogP contribution in [0.3, 0.4) is 0 Å². The predicted octanol–water partition coefficient (Wildman–Crippen LogP) is 2.98. The summed E-state index contributed by atoms with van der Waals surface area (Å²) < 4.78 is 39.1. The Morgan fingerprint density at radius 1 is 1.16 bits per heavy atom. The number of nitrogens with zero attached hydrogens (tertiary/aromatic N) is 4. The number of carbonyl (C=O) groups excluding carboxylic acids is 1. The summed E-state index contributed by atoms with van der Waals surface area (Å²) in [4.78, 5) is 21.4. The summed E-state index contributed by atoms with van der Waals surface area (Å²) in [5, 5.41) is 0. The second-order valence-corrected chi connectivity index (χ2v) is 6.22. The molecule has 0 N–H and O–H groups in total. The molecule has 0 unspecified atom stereocenters. The molecule has 0 saturated carbocycles. The fraction of sp³-hybridized carbons (Fsp3) is 0.471. The Balaban J connectivity index is 1.60. The highest BCUT2D eigenvalue weighted by Gasteiger charge is 2.35. The van der Waals surface area contributed by atoms with E-state index in [4.69, 9.17) is 0 Å². The third-order valence-corrected chi connectivity index (χ3v) is 4.41. The van der Waals surface area contributed by atoms with E-state index in [-0.39, 0.29) is 5.92 Å². The standard InChI is InChI=1S/C17H19F3N4O/c18-17(19,20)11-15(25)23-8-3-14(4-9-23)16-22-7-10-24(16)12-13-1-5-21-6-2-13/h1-2,5-7,10,14H,3-4,8-9,11-12H2. The van der Waals surface area contributed by atoms with Gasteiger partial charge in [0, 0.05) is 50.3 Å². The SMILES string of the molecule is O=C(CC(F)(F)F)N1CCC(c2nccn2Cc2ccncc2)CC1. The highest BCUT2D eigenvalue weighted by Crippen LogP contribution is 2.29. The average molecular weight is 352 g/mol. The van der Waals surface area contributed by atoms with Crippen LogP contribution in [0.4, 0.5) is 13.2 Å². The number of aromatic nitrogens is 3. The molecule has 2 aromatic rings. The minimum atomic E-state index is -4.45. The number of halogens is 3. The number of rotatable bonds is 4. The van der Waals surface area contributed by atoms with Crippen molar-refractivity contribution in [2.24, 2.45) is 0 Å². The van der Waals surface area contributed by atoms with E-state index in [2.05, 4.69) is 9.97 Å². The molecule has 3 rings (SSSR count). The molecule has 1 aliphatic heterocycles. The van der Waals surface area contributed by atoms with Crippen molar-refractivity contribution in [3.05, 3.63) is 48.3 Å². The van der Waals surface area contributed by atoms with Gasteiger partial charge in [0.2, 0.25) is 5.91 Å². The first-order valence-corrected chi connectivity index (χ1v) is 8.17. The van der Waals surface area contributed by atoms with Crippen molar-refractivity contribution in [2.75, 3.05) is 13.1 Å². The Hall–Kier alpha value is -2.38. The highest BCUT2D eigenvalue weighted by atomic mass is 19.4. The van der Waals surface area contributed by atoms with Crippen molar-refractivity contribution in [3.63, 3.8) is 0 Å². The topological polar surface area (TPSA) is 51.0 Å². The number of alkyl halides is 3. The van der Waals surface area contributed by atoms with Crippen LogP contribution >= 0.6 is 0 Å². The molecule has 1 aliphatic rings. The molecule has 1 fully saturated rings. The molecule has 134 valence electrons. The quantitative estimate of drug-likeness (QED) is 0.850. The molecule has 0 spiro atoms. The molecule has 0 radical (unpaired) electrons. The third-order valence-electron chi connectivity index (χ3n) is 4.41. The van der Waals surface area contributed by atoms with Gasteiger partial charge in [-0.15, -0.1) is 0 Å². The van der Waals surface area contributed by atoms with Gasteiger partial charge in [-0.25, -0.2) is 4.98 Å². The number of carbonyl (C=O) groups is 1. The molecule has 0 atom stereocenters. The van der Waals surface area contributed by atoms with Gasteiger partial charge < -0.3 is 9.47 Å². The van der Waals surface area contributed by atoms with Crippen LogP contribution in [-0.2, 0) is 11.3 Å². The summed E-state index contributed by atoms with van der Waals surface area (Å²) in [6.07, 6.45) is 2.51. The van der Waals surface area contributed by atoms with Gasteiger partial charge in [0.1, 0.15) is 12.2 Å². The van der Waals surface area contributed by atoms with E-state index >= 15 is 0 Å². The predicted molar refractivity (Wildman–Crippen MR) is 84.8 cm³/mol. The van der Waals surface area contributed by atoms with E-state index < -0.39 is 18.5 Å². The van der Waals surface area contributed by atoms with E-state index in [1.165, 1.54) is 4.90 Å². The Morgan fingerprint density at radius 2 is 1.84 bits per heavy atom. The molecule has 25 heavy (non-hydrogen) atoms. The second-order valence-electron chi connectivity index (χ2n) is 6.22. The van der Waals surface area contributed by atoms with E-state index in [0.29, 0.717) is 32.5 Å². The van der Waals surface area contributed by atoms with Gasteiger partial charge >= 0.3 is 6.18 Å². The Morgan fingerprint density at radius 3 is 2.48 bits per heavy atom. The van der Waals surface area contributed by atoms with Gasteiger partial charge in [-0.05, 0) is 30.5 Å². The first-order valence-electron chi connectivity index (χ1n) is 8.17. The number of likely N-dealkylation sites (tertiary alicyclic amines) is 1. The van der Waals surface area contributed by atoms with Crippen LogP contribution in [0.5, 0.6) is 0 Å². The van der Waals surface area contributed by atoms with Crippen molar-refractivity contribution in [2.45, 2.75) is 37.9 Å². The van der Waals surface area contributed by atoms with Gasteiger partial charge in [0.15, 0.2) is 0 Å². The number of pyridine rings is 1. The fourth-order valence-electron chi connectivity index (χ4n) is 3.17. The van der Waals surface area contributed by atoms with Crippen LogP contribution in [0.25, 0.3) is 0 Å². The normalized spacial score (nSPS) is 16.2. The summed E-state index contributed by atoms with van der Waals surface area (Å²) >= 11 is 0. The lowest BCUT2D eigenvalue weighted by Crippen LogP contribution is -2.40. The monoisotopic (exact) mass is 352 g/mol. The minimum absolute atomic E-state index is 0.145. The molecule has 0 aromatic carbocycles. The lowest BCUT2D eigenvalue weighted by atomic mass is 9.95. The van der Waals surface area contributed by atoms with Crippen LogP contribution in [0.15, 0.2) is 36.9 Å². The number of hydrogen-bond acceptors (Lipinski definition) is 3. The van der Waals surface area contributed by atoms with E-state index in [1.54, 1.807) is 18.6 Å². The van der Waals surface area contributed by atoms with E-state index in [1.807, 2.05) is 22.9 Å². The lowest BCUT2D eigenvalue weighted by Gasteiger charge is -2.32. The van der Waals surface area contributed by atoms with Crippen LogP contribution in [0.2, 0.25) is 0 Å². The molecule has 5 nitrogen and oxygen atoms in total. The van der Waals surface area contributed by atoms with Gasteiger partial charge in [0.25, 0.3) is 0 Å². The number of piperidine rings is 1. The smallest absolute Gasteiger partial charge is 0.342 e. The molecule has 0 aliphatic carbocycles. The number of imidazole rings is 1. The first kappa shape index (κ1) is 17.4. The van der Waals surface area contributed by atoms with Crippen molar-refractivity contribution < 1.29 is 18.0 Å². The van der Waals surface area contributed by atoms with Crippen molar-refractivity contribution in [1.82, 2.24) is 19.4 Å². The second kappa shape index (κ2) is 7.25. The van der Waals surface area contributed by atoms with Crippen LogP contribution < -0.4 is 0 Å². The van der Waals surface area contributed by atoms with Gasteiger partial charge in [-0.2, -0.15) is 13.2 Å². The zero-order valence-corrected chi connectivity index (χ0v) is 13.6. The molecule has 1 saturated heterocycles. The van der Waals surface area contributed by atoms with Crippen LogP contribution in [0.1, 0.15) is 36.6 Å². The van der Waals surface area contributed by atoms with Crippen molar-refractivity contribution in [3.8, 4) is 0 Å². The summed E-state index contributed by atoms with van der Waals surface area (Å²) in [7, 11) is 0. The van der Waals surface area contributed by atoms with E-state index in [0.717, 1.165) is 11.4 Å². The van der Waals surface area contributed by atoms with Gasteiger partial charge in [0.05, 0.1) is 0 Å². The van der Waals surface area contributed by atoms with Gasteiger partial charge in [-0.3, -0.25) is 9.78 Å². The molecular weight excluding hydrogens is 333 g/mol. The maximum absolute atomic E-state index is 12.4. The number of amides is 1. The van der Waals surface area contributed by atoms with E-state index in [9.17, 15) is 18.0 Å². The zero-order valence-electron chi connectivity index (χ0n) is 13.6. The average Bonchev–Trinajstić information content (AvgIpc) is 3.02. The Bertz CT molecular complexity index is 706. The van der Waals surface area contributed by atoms with Crippen LogP contribution in [-0.4, -0.2) is 44.6 Å². The summed E-state index contributed by atoms with van der Waals surface area (Å²) in [5.74, 6) is 0.220. The van der Waals surface area contributed by atoms with Crippen LogP contribution in [0, 0.1) is 0 Å². The van der Waals surface area contributed by atoms with Crippen molar-refractivity contribution >= 4 is 5.91 Å². The summed E-state index contributed by atoms with van der Waals surface area (Å²) in [5.41, 5.74) is 1.10. The summed E-state index contributed by atoms with van der Waals surface area (Å²) in [6.45, 7) is 1.34. The van der Waals surface area contributed by atoms with Gasteiger partial charge in [-0.1, -0.05) is 0 Å². The molecule has 2 aromatic heterocycles. The minimum Gasteiger partial charge on any atom is -0.342 e. The largest absolute Gasteiger partial charge is 0.397 e. The molecular formula is C17H19F3N4O. The molecule has 3 heterocycles. The Kier molecular flexibility index (Phi) is 5.06. The molecule has 1 amide bonds. The highest BCUT2D eigenvalue weighted by molar-refractivity contribution is 5.76. The van der Waals surface area contributed by atoms with Crippen molar-refractivity contribution in [1.29, 1.82) is 0 Å². The fourth-order valence-corrected chi connectivity index (χ4v) is 3.17. The Labute approximate surface area is 143 Å². The third kappa shape index (κ3) is 4.58. The zero-order chi connectivity index (χ0) is 17.9.